The fourth-order valence-electron chi connectivity index (χ4n) is 2.36. The largest absolute Gasteiger partial charge is 0.325 e. The minimum Gasteiger partial charge on any atom is -0.325 e. The molecule has 1 fully saturated rings. The second kappa shape index (κ2) is 5.85. The molecule has 1 saturated heterocycles. The van der Waals surface area contributed by atoms with Crippen molar-refractivity contribution in [2.24, 2.45) is 17.8 Å². The lowest BCUT2D eigenvalue weighted by atomic mass is 10.0. The molecule has 0 aromatic heterocycles. The molecule has 1 heterocycles. The van der Waals surface area contributed by atoms with Gasteiger partial charge in [-0.05, 0) is 17.8 Å². The van der Waals surface area contributed by atoms with Crippen LogP contribution in [0.3, 0.4) is 0 Å². The number of amides is 1. The second-order valence-corrected chi connectivity index (χ2v) is 6.08. The van der Waals surface area contributed by atoms with E-state index >= 15 is 0 Å². The van der Waals surface area contributed by atoms with Crippen LogP contribution in [0.1, 0.15) is 48.0 Å². The lowest BCUT2D eigenvalue weighted by molar-refractivity contribution is -0.131. The topological polar surface area (TPSA) is 32.3 Å². The lowest BCUT2D eigenvalue weighted by Crippen LogP contribution is -2.43. The number of carbonyl (C=O) groups is 1. The van der Waals surface area contributed by atoms with Gasteiger partial charge in [0, 0.05) is 6.54 Å². The molecule has 3 heteroatoms. The summed E-state index contributed by atoms with van der Waals surface area (Å²) in [7, 11) is 0. The normalized spacial score (nSPS) is 27.3. The molecule has 1 N–H and O–H groups in total. The van der Waals surface area contributed by atoms with Gasteiger partial charge < -0.3 is 4.90 Å². The van der Waals surface area contributed by atoms with Crippen molar-refractivity contribution in [3.05, 3.63) is 0 Å². The zero-order valence-electron chi connectivity index (χ0n) is 12.2. The lowest BCUT2D eigenvalue weighted by Gasteiger charge is -2.29. The predicted octanol–water partition coefficient (Wildman–Crippen LogP) is 2.47. The van der Waals surface area contributed by atoms with Gasteiger partial charge in [0.05, 0.1) is 12.2 Å². The highest BCUT2D eigenvalue weighted by Crippen LogP contribution is 2.23. The average molecular weight is 240 g/mol. The maximum absolute atomic E-state index is 12.4. The van der Waals surface area contributed by atoms with E-state index in [-0.39, 0.29) is 12.2 Å². The van der Waals surface area contributed by atoms with Crippen LogP contribution in [-0.4, -0.2) is 29.6 Å². The number of carbonyl (C=O) groups excluding carboxylic acids is 1. The SMILES string of the molecule is CCC(C)CN1C(=O)C(C(C)C)NC1C(C)C. The number of hydrogen-bond acceptors (Lipinski definition) is 2. The van der Waals surface area contributed by atoms with Gasteiger partial charge >= 0.3 is 0 Å². The van der Waals surface area contributed by atoms with Gasteiger partial charge in [0.25, 0.3) is 0 Å². The van der Waals surface area contributed by atoms with Crippen LogP contribution in [0.25, 0.3) is 0 Å². The highest BCUT2D eigenvalue weighted by molar-refractivity contribution is 5.84. The van der Waals surface area contributed by atoms with Crippen molar-refractivity contribution < 1.29 is 4.79 Å². The molecule has 1 amide bonds. The van der Waals surface area contributed by atoms with Gasteiger partial charge in [0.1, 0.15) is 0 Å². The Kier molecular flexibility index (Phi) is 4.99. The van der Waals surface area contributed by atoms with Crippen LogP contribution >= 0.6 is 0 Å². The van der Waals surface area contributed by atoms with E-state index in [4.69, 9.17) is 0 Å². The summed E-state index contributed by atoms with van der Waals surface area (Å²) in [5.74, 6) is 1.70. The Hall–Kier alpha value is -0.570. The van der Waals surface area contributed by atoms with Crippen LogP contribution in [0.5, 0.6) is 0 Å². The Morgan fingerprint density at radius 3 is 2.18 bits per heavy atom. The first-order valence-corrected chi connectivity index (χ1v) is 6.95. The molecule has 0 aromatic carbocycles. The van der Waals surface area contributed by atoms with Crippen LogP contribution in [-0.2, 0) is 4.79 Å². The molecule has 1 aliphatic heterocycles. The molecule has 17 heavy (non-hydrogen) atoms. The molecule has 1 rings (SSSR count). The summed E-state index contributed by atoms with van der Waals surface area (Å²) in [6.45, 7) is 13.9. The summed E-state index contributed by atoms with van der Waals surface area (Å²) in [5, 5.41) is 3.50. The quantitative estimate of drug-likeness (QED) is 0.800. The molecule has 1 aliphatic rings. The van der Waals surface area contributed by atoms with Gasteiger partial charge in [-0.15, -0.1) is 0 Å². The number of nitrogens with one attached hydrogen (secondary N) is 1. The average Bonchev–Trinajstić information content (AvgIpc) is 2.56. The van der Waals surface area contributed by atoms with Gasteiger partial charge in [0.2, 0.25) is 5.91 Å². The molecule has 0 bridgehead atoms. The first kappa shape index (κ1) is 14.5. The fourth-order valence-corrected chi connectivity index (χ4v) is 2.36. The van der Waals surface area contributed by atoms with Crippen molar-refractivity contribution in [1.82, 2.24) is 10.2 Å². The van der Waals surface area contributed by atoms with Crippen molar-refractivity contribution in [2.75, 3.05) is 6.54 Å². The Morgan fingerprint density at radius 1 is 1.18 bits per heavy atom. The molecule has 0 spiro atoms. The number of rotatable bonds is 5. The van der Waals surface area contributed by atoms with Gasteiger partial charge in [-0.25, -0.2) is 0 Å². The van der Waals surface area contributed by atoms with E-state index in [1.165, 1.54) is 0 Å². The van der Waals surface area contributed by atoms with Gasteiger partial charge in [-0.3, -0.25) is 10.1 Å². The van der Waals surface area contributed by atoms with Crippen molar-refractivity contribution in [1.29, 1.82) is 0 Å². The van der Waals surface area contributed by atoms with E-state index in [1.54, 1.807) is 0 Å². The number of hydrogen-bond donors (Lipinski definition) is 1. The Bertz CT molecular complexity index is 263. The molecule has 0 saturated carbocycles. The standard InChI is InChI=1S/C14H28N2O/c1-7-11(6)8-16-13(10(4)5)15-12(9(2)3)14(16)17/h9-13,15H,7-8H2,1-6H3. The smallest absolute Gasteiger partial charge is 0.241 e. The third kappa shape index (κ3) is 3.21. The van der Waals surface area contributed by atoms with Crippen molar-refractivity contribution in [3.8, 4) is 0 Å². The third-order valence-electron chi connectivity index (χ3n) is 3.74. The summed E-state index contributed by atoms with van der Waals surface area (Å²) in [4.78, 5) is 14.4. The van der Waals surface area contributed by atoms with Crippen LogP contribution in [0.4, 0.5) is 0 Å². The predicted molar refractivity (Wildman–Crippen MR) is 71.6 cm³/mol. The first-order valence-electron chi connectivity index (χ1n) is 6.95. The number of nitrogens with zero attached hydrogens (tertiary/aromatic N) is 1. The Morgan fingerprint density at radius 2 is 1.76 bits per heavy atom. The fraction of sp³-hybridized carbons (Fsp3) is 0.929. The molecule has 0 aliphatic carbocycles. The van der Waals surface area contributed by atoms with E-state index in [2.05, 4.69) is 51.8 Å². The van der Waals surface area contributed by atoms with Crippen molar-refractivity contribution in [3.63, 3.8) is 0 Å². The highest BCUT2D eigenvalue weighted by atomic mass is 16.2. The summed E-state index contributed by atoms with van der Waals surface area (Å²) in [5.41, 5.74) is 0. The minimum absolute atomic E-state index is 0.00598. The summed E-state index contributed by atoms with van der Waals surface area (Å²) in [6.07, 6.45) is 1.34. The monoisotopic (exact) mass is 240 g/mol. The van der Waals surface area contributed by atoms with Crippen LogP contribution in [0, 0.1) is 17.8 Å². The highest BCUT2D eigenvalue weighted by Gasteiger charge is 2.41. The van der Waals surface area contributed by atoms with E-state index < -0.39 is 0 Å². The van der Waals surface area contributed by atoms with E-state index in [9.17, 15) is 4.79 Å². The van der Waals surface area contributed by atoms with E-state index in [0.717, 1.165) is 13.0 Å². The van der Waals surface area contributed by atoms with Crippen LogP contribution < -0.4 is 5.32 Å². The molecule has 3 atom stereocenters. The molecule has 3 unspecified atom stereocenters. The summed E-state index contributed by atoms with van der Waals surface area (Å²) < 4.78 is 0. The van der Waals surface area contributed by atoms with Crippen LogP contribution in [0.2, 0.25) is 0 Å². The second-order valence-electron chi connectivity index (χ2n) is 6.08. The van der Waals surface area contributed by atoms with Gasteiger partial charge in [-0.2, -0.15) is 0 Å². The van der Waals surface area contributed by atoms with Crippen molar-refractivity contribution in [2.45, 2.75) is 60.2 Å². The maximum Gasteiger partial charge on any atom is 0.241 e. The maximum atomic E-state index is 12.4. The summed E-state index contributed by atoms with van der Waals surface area (Å²) in [6, 6.07) is 0.00598. The molecule has 0 aromatic rings. The van der Waals surface area contributed by atoms with Crippen molar-refractivity contribution >= 4 is 5.91 Å². The zero-order valence-corrected chi connectivity index (χ0v) is 12.2. The molecular weight excluding hydrogens is 212 g/mol. The van der Waals surface area contributed by atoms with Gasteiger partial charge in [0.15, 0.2) is 0 Å². The Labute approximate surface area is 106 Å². The summed E-state index contributed by atoms with van der Waals surface area (Å²) >= 11 is 0. The molecular formula is C14H28N2O. The Balaban J connectivity index is 2.79. The first-order chi connectivity index (χ1) is 7.88. The molecule has 3 nitrogen and oxygen atoms in total. The zero-order chi connectivity index (χ0) is 13.2. The van der Waals surface area contributed by atoms with Crippen LogP contribution in [0.15, 0.2) is 0 Å². The molecule has 0 radical (unpaired) electrons. The molecule has 100 valence electrons. The van der Waals surface area contributed by atoms with Gasteiger partial charge in [-0.1, -0.05) is 48.0 Å². The van der Waals surface area contributed by atoms with E-state index in [1.807, 2.05) is 0 Å². The van der Waals surface area contributed by atoms with E-state index in [0.29, 0.717) is 23.7 Å². The minimum atomic E-state index is 0.00598. The third-order valence-corrected chi connectivity index (χ3v) is 3.74.